The van der Waals surface area contributed by atoms with Crippen molar-refractivity contribution in [3.63, 3.8) is 0 Å². The molecule has 2 amide bonds. The first kappa shape index (κ1) is 17.5. The summed E-state index contributed by atoms with van der Waals surface area (Å²) in [5, 5.41) is 0.793. The first-order valence-corrected chi connectivity index (χ1v) is 7.88. The first-order valence-electron chi connectivity index (χ1n) is 7.88. The topological polar surface area (TPSA) is 89.8 Å². The van der Waals surface area contributed by atoms with Crippen LogP contribution in [0.25, 0.3) is 11.0 Å². The molecule has 0 aliphatic heterocycles. The van der Waals surface area contributed by atoms with Crippen LogP contribution in [-0.4, -0.2) is 26.0 Å². The Balaban J connectivity index is 1.74. The molecule has 2 aromatic carbocycles. The van der Waals surface area contributed by atoms with Crippen LogP contribution in [0, 0.1) is 0 Å². The number of amides is 2. The van der Waals surface area contributed by atoms with Crippen LogP contribution in [-0.2, 0) is 11.3 Å². The fourth-order valence-electron chi connectivity index (χ4n) is 2.55. The van der Waals surface area contributed by atoms with Gasteiger partial charge in [-0.25, -0.2) is 0 Å². The molecule has 0 aliphatic rings. The number of furan rings is 1. The molecule has 0 radical (unpaired) electrons. The molecule has 26 heavy (non-hydrogen) atoms. The first-order chi connectivity index (χ1) is 12.6. The molecule has 0 unspecified atom stereocenters. The zero-order valence-corrected chi connectivity index (χ0v) is 14.4. The summed E-state index contributed by atoms with van der Waals surface area (Å²) >= 11 is 0. The Morgan fingerprint density at radius 1 is 0.962 bits per heavy atom. The van der Waals surface area contributed by atoms with Gasteiger partial charge in [-0.2, -0.15) is 0 Å². The van der Waals surface area contributed by atoms with Gasteiger partial charge in [0, 0.05) is 23.6 Å². The highest BCUT2D eigenvalue weighted by Gasteiger charge is 2.20. The van der Waals surface area contributed by atoms with E-state index in [9.17, 15) is 9.59 Å². The smallest absolute Gasteiger partial charge is 0.305 e. The summed E-state index contributed by atoms with van der Waals surface area (Å²) in [6.07, 6.45) is 0. The number of para-hydroxylation sites is 1. The van der Waals surface area contributed by atoms with Crippen molar-refractivity contribution in [2.45, 2.75) is 6.61 Å². The summed E-state index contributed by atoms with van der Waals surface area (Å²) in [6.45, 7) is 0.214. The Morgan fingerprint density at radius 3 is 2.35 bits per heavy atom. The van der Waals surface area contributed by atoms with Crippen molar-refractivity contribution in [2.75, 3.05) is 14.2 Å². The SMILES string of the molecule is COCc1c(C(=O)NNC(=O)c2ccc(OC)cc2)oc2ccccc12. The second kappa shape index (κ2) is 7.71. The normalized spacial score (nSPS) is 10.5. The molecule has 0 fully saturated rings. The molecule has 0 saturated carbocycles. The minimum absolute atomic E-state index is 0.100. The van der Waals surface area contributed by atoms with E-state index in [1.807, 2.05) is 18.2 Å². The minimum Gasteiger partial charge on any atom is -0.497 e. The molecule has 1 aromatic heterocycles. The maximum Gasteiger partial charge on any atom is 0.305 e. The number of hydrogen-bond acceptors (Lipinski definition) is 5. The summed E-state index contributed by atoms with van der Waals surface area (Å²) < 4.78 is 15.8. The highest BCUT2D eigenvalue weighted by atomic mass is 16.5. The molecule has 0 atom stereocenters. The number of ether oxygens (including phenoxy) is 2. The molecule has 0 aliphatic carbocycles. The van der Waals surface area contributed by atoms with Crippen molar-refractivity contribution >= 4 is 22.8 Å². The van der Waals surface area contributed by atoms with Crippen molar-refractivity contribution in [1.29, 1.82) is 0 Å². The van der Waals surface area contributed by atoms with Crippen LogP contribution in [0.15, 0.2) is 52.9 Å². The second-order valence-corrected chi connectivity index (χ2v) is 5.48. The predicted molar refractivity (Wildman–Crippen MR) is 94.9 cm³/mol. The standard InChI is InChI=1S/C19H18N2O5/c1-24-11-15-14-5-3-4-6-16(14)26-17(15)19(23)21-20-18(22)12-7-9-13(25-2)10-8-12/h3-10H,11H2,1-2H3,(H,20,22)(H,21,23). The molecular formula is C19H18N2O5. The molecule has 7 nitrogen and oxygen atoms in total. The number of nitrogens with one attached hydrogen (secondary N) is 2. The average molecular weight is 354 g/mol. The monoisotopic (exact) mass is 354 g/mol. The van der Waals surface area contributed by atoms with E-state index in [-0.39, 0.29) is 12.4 Å². The number of hydrazine groups is 1. The van der Waals surface area contributed by atoms with Gasteiger partial charge in [0.15, 0.2) is 5.76 Å². The Hall–Kier alpha value is -3.32. The number of carbonyl (C=O) groups excluding carboxylic acids is 2. The molecule has 0 saturated heterocycles. The van der Waals surface area contributed by atoms with Crippen LogP contribution >= 0.6 is 0 Å². The predicted octanol–water partition coefficient (Wildman–Crippen LogP) is 2.66. The van der Waals surface area contributed by atoms with E-state index in [0.29, 0.717) is 22.5 Å². The number of fused-ring (bicyclic) bond motifs is 1. The molecule has 7 heteroatoms. The number of hydrogen-bond donors (Lipinski definition) is 2. The highest BCUT2D eigenvalue weighted by Crippen LogP contribution is 2.26. The molecule has 3 rings (SSSR count). The van der Waals surface area contributed by atoms with E-state index in [4.69, 9.17) is 13.9 Å². The molecule has 0 bridgehead atoms. The van der Waals surface area contributed by atoms with Crippen LogP contribution in [0.2, 0.25) is 0 Å². The van der Waals surface area contributed by atoms with E-state index in [2.05, 4.69) is 10.9 Å². The third kappa shape index (κ3) is 3.52. The number of carbonyl (C=O) groups is 2. The van der Waals surface area contributed by atoms with Crippen molar-refractivity contribution in [3.05, 3.63) is 65.4 Å². The van der Waals surface area contributed by atoms with Gasteiger partial charge in [-0.1, -0.05) is 18.2 Å². The highest BCUT2D eigenvalue weighted by molar-refractivity contribution is 6.01. The number of rotatable bonds is 5. The van der Waals surface area contributed by atoms with Gasteiger partial charge in [-0.15, -0.1) is 0 Å². The van der Waals surface area contributed by atoms with Gasteiger partial charge in [-0.3, -0.25) is 20.4 Å². The summed E-state index contributed by atoms with van der Waals surface area (Å²) in [7, 11) is 3.08. The van der Waals surface area contributed by atoms with Crippen molar-refractivity contribution in [1.82, 2.24) is 10.9 Å². The van der Waals surface area contributed by atoms with Gasteiger partial charge in [-0.05, 0) is 30.3 Å². The largest absolute Gasteiger partial charge is 0.497 e. The second-order valence-electron chi connectivity index (χ2n) is 5.48. The van der Waals surface area contributed by atoms with Gasteiger partial charge in [0.1, 0.15) is 11.3 Å². The van der Waals surface area contributed by atoms with E-state index in [1.54, 1.807) is 37.4 Å². The van der Waals surface area contributed by atoms with Crippen molar-refractivity contribution < 1.29 is 23.5 Å². The van der Waals surface area contributed by atoms with Crippen LogP contribution in [0.1, 0.15) is 26.5 Å². The van der Waals surface area contributed by atoms with Crippen molar-refractivity contribution in [2.24, 2.45) is 0 Å². The summed E-state index contributed by atoms with van der Waals surface area (Å²) in [4.78, 5) is 24.6. The zero-order chi connectivity index (χ0) is 18.5. The molecule has 1 heterocycles. The van der Waals surface area contributed by atoms with Crippen LogP contribution < -0.4 is 15.6 Å². The third-order valence-electron chi connectivity index (χ3n) is 3.83. The van der Waals surface area contributed by atoms with Gasteiger partial charge in [0.2, 0.25) is 0 Å². The molecule has 2 N–H and O–H groups in total. The lowest BCUT2D eigenvalue weighted by atomic mass is 10.1. The van der Waals surface area contributed by atoms with Crippen molar-refractivity contribution in [3.8, 4) is 5.75 Å². The fraction of sp³-hybridized carbons (Fsp3) is 0.158. The molecular weight excluding hydrogens is 336 g/mol. The zero-order valence-electron chi connectivity index (χ0n) is 14.4. The van der Waals surface area contributed by atoms with E-state index >= 15 is 0 Å². The minimum atomic E-state index is -0.560. The van der Waals surface area contributed by atoms with E-state index in [1.165, 1.54) is 7.11 Å². The van der Waals surface area contributed by atoms with E-state index in [0.717, 1.165) is 5.39 Å². The summed E-state index contributed by atoms with van der Waals surface area (Å²) in [5.41, 5.74) is 6.32. The quantitative estimate of drug-likeness (QED) is 0.688. The van der Waals surface area contributed by atoms with E-state index < -0.39 is 11.8 Å². The third-order valence-corrected chi connectivity index (χ3v) is 3.83. The summed E-state index contributed by atoms with van der Waals surface area (Å²) in [6, 6.07) is 13.8. The molecule has 3 aromatic rings. The Kier molecular flexibility index (Phi) is 5.19. The van der Waals surface area contributed by atoms with Crippen LogP contribution in [0.3, 0.4) is 0 Å². The van der Waals surface area contributed by atoms with Gasteiger partial charge >= 0.3 is 5.91 Å². The Morgan fingerprint density at radius 2 is 1.65 bits per heavy atom. The molecule has 0 spiro atoms. The lowest BCUT2D eigenvalue weighted by molar-refractivity contribution is 0.0828. The Labute approximate surface area is 149 Å². The maximum atomic E-state index is 12.5. The van der Waals surface area contributed by atoms with Crippen LogP contribution in [0.4, 0.5) is 0 Å². The number of methoxy groups -OCH3 is 2. The van der Waals surface area contributed by atoms with Gasteiger partial charge < -0.3 is 13.9 Å². The van der Waals surface area contributed by atoms with Gasteiger partial charge in [0.25, 0.3) is 5.91 Å². The van der Waals surface area contributed by atoms with Crippen LogP contribution in [0.5, 0.6) is 5.75 Å². The number of benzene rings is 2. The lowest BCUT2D eigenvalue weighted by Gasteiger charge is -2.08. The summed E-state index contributed by atoms with van der Waals surface area (Å²) in [5.74, 6) is -0.277. The lowest BCUT2D eigenvalue weighted by Crippen LogP contribution is -2.41. The van der Waals surface area contributed by atoms with Gasteiger partial charge in [0.05, 0.1) is 13.7 Å². The average Bonchev–Trinajstić information content (AvgIpc) is 3.05. The maximum absolute atomic E-state index is 12.5. The Bertz CT molecular complexity index is 931. The fourth-order valence-corrected chi connectivity index (χ4v) is 2.55. The molecule has 134 valence electrons.